The minimum Gasteiger partial charge on any atom is -0.376 e. The lowest BCUT2D eigenvalue weighted by Gasteiger charge is -2.13. The summed E-state index contributed by atoms with van der Waals surface area (Å²) in [6, 6.07) is 4.38. The molecule has 1 amide bonds. The third-order valence-electron chi connectivity index (χ3n) is 4.43. The number of carbonyl (C=O) groups excluding carboxylic acids is 1. The van der Waals surface area contributed by atoms with Gasteiger partial charge in [0.25, 0.3) is 5.91 Å². The predicted molar refractivity (Wildman–Crippen MR) is 74.1 cm³/mol. The predicted octanol–water partition coefficient (Wildman–Crippen LogP) is 2.69. The average molecular weight is 277 g/mol. The molecule has 0 bridgehead atoms. The number of ether oxygens (including phenoxy) is 1. The fraction of sp³-hybridized carbons (Fsp3) is 0.562. The maximum Gasteiger partial charge on any atom is 0.251 e. The average Bonchev–Trinajstić information content (AvgIpc) is 3.08. The Kier molecular flexibility index (Phi) is 3.50. The van der Waals surface area contributed by atoms with Gasteiger partial charge in [-0.2, -0.15) is 0 Å². The Labute approximate surface area is 118 Å². The van der Waals surface area contributed by atoms with Crippen molar-refractivity contribution in [3.63, 3.8) is 0 Å². The van der Waals surface area contributed by atoms with E-state index in [2.05, 4.69) is 5.32 Å². The normalized spacial score (nSPS) is 23.0. The van der Waals surface area contributed by atoms with E-state index in [4.69, 9.17) is 4.74 Å². The number of hydrogen-bond donors (Lipinski definition) is 1. The Balaban J connectivity index is 1.60. The van der Waals surface area contributed by atoms with Crippen molar-refractivity contribution in [3.8, 4) is 0 Å². The van der Waals surface area contributed by atoms with Gasteiger partial charge in [0, 0.05) is 12.1 Å². The molecule has 1 aliphatic heterocycles. The van der Waals surface area contributed by atoms with Crippen molar-refractivity contribution in [2.45, 2.75) is 38.7 Å². The summed E-state index contributed by atoms with van der Waals surface area (Å²) in [5.41, 5.74) is 1.73. The van der Waals surface area contributed by atoms with Crippen LogP contribution in [0.15, 0.2) is 18.2 Å². The molecule has 1 spiro atoms. The van der Waals surface area contributed by atoms with E-state index >= 15 is 0 Å². The molecule has 0 aromatic heterocycles. The SMILES string of the molecule is CCc1ccc(F)cc1C(=O)NCC1CC2(CC2)CO1. The zero-order valence-corrected chi connectivity index (χ0v) is 11.7. The second kappa shape index (κ2) is 5.17. The molecule has 1 atom stereocenters. The molecule has 3 nitrogen and oxygen atoms in total. The van der Waals surface area contributed by atoms with Crippen molar-refractivity contribution in [1.82, 2.24) is 5.32 Å². The molecule has 1 saturated carbocycles. The van der Waals surface area contributed by atoms with Crippen molar-refractivity contribution in [1.29, 1.82) is 0 Å². The summed E-state index contributed by atoms with van der Waals surface area (Å²) >= 11 is 0. The fourth-order valence-corrected chi connectivity index (χ4v) is 2.92. The molecule has 108 valence electrons. The smallest absolute Gasteiger partial charge is 0.251 e. The van der Waals surface area contributed by atoms with Gasteiger partial charge >= 0.3 is 0 Å². The first-order valence-corrected chi connectivity index (χ1v) is 7.30. The molecule has 0 radical (unpaired) electrons. The number of benzene rings is 1. The van der Waals surface area contributed by atoms with Crippen LogP contribution in [0.4, 0.5) is 4.39 Å². The highest BCUT2D eigenvalue weighted by atomic mass is 19.1. The van der Waals surface area contributed by atoms with E-state index in [9.17, 15) is 9.18 Å². The molecule has 1 unspecified atom stereocenters. The molecule has 1 saturated heterocycles. The summed E-state index contributed by atoms with van der Waals surface area (Å²) < 4.78 is 19.0. The Morgan fingerprint density at radius 1 is 1.50 bits per heavy atom. The van der Waals surface area contributed by atoms with Crippen LogP contribution in [0.3, 0.4) is 0 Å². The molecule has 1 aromatic carbocycles. The third-order valence-corrected chi connectivity index (χ3v) is 4.43. The zero-order valence-electron chi connectivity index (χ0n) is 11.7. The van der Waals surface area contributed by atoms with Crippen LogP contribution in [0.1, 0.15) is 42.1 Å². The van der Waals surface area contributed by atoms with Crippen molar-refractivity contribution in [2.24, 2.45) is 5.41 Å². The largest absolute Gasteiger partial charge is 0.376 e. The van der Waals surface area contributed by atoms with Gasteiger partial charge in [0.15, 0.2) is 0 Å². The second-order valence-electron chi connectivity index (χ2n) is 6.00. The second-order valence-corrected chi connectivity index (χ2v) is 6.00. The molecule has 2 aliphatic rings. The van der Waals surface area contributed by atoms with E-state index in [1.165, 1.54) is 25.0 Å². The Bertz CT molecular complexity index is 525. The molecule has 1 heterocycles. The lowest BCUT2D eigenvalue weighted by molar-refractivity contribution is 0.0844. The standard InChI is InChI=1S/C16H20FNO2/c1-2-11-3-4-12(17)7-14(11)15(19)18-9-13-8-16(5-6-16)10-20-13/h3-4,7,13H,2,5-6,8-10H2,1H3,(H,18,19). The van der Waals surface area contributed by atoms with E-state index in [-0.39, 0.29) is 17.8 Å². The van der Waals surface area contributed by atoms with Gasteiger partial charge in [-0.1, -0.05) is 13.0 Å². The monoisotopic (exact) mass is 277 g/mol. The van der Waals surface area contributed by atoms with Crippen molar-refractivity contribution in [2.75, 3.05) is 13.2 Å². The molecule has 1 aliphatic carbocycles. The number of halogens is 1. The van der Waals surface area contributed by atoms with Crippen molar-refractivity contribution in [3.05, 3.63) is 35.1 Å². The van der Waals surface area contributed by atoms with Crippen molar-refractivity contribution >= 4 is 5.91 Å². The summed E-state index contributed by atoms with van der Waals surface area (Å²) in [5, 5.41) is 2.88. The van der Waals surface area contributed by atoms with Crippen LogP contribution in [-0.2, 0) is 11.2 Å². The Hall–Kier alpha value is -1.42. The molecule has 20 heavy (non-hydrogen) atoms. The van der Waals surface area contributed by atoms with E-state index in [1.807, 2.05) is 6.92 Å². The molecular formula is C16H20FNO2. The van der Waals surface area contributed by atoms with Crippen LogP contribution in [0.5, 0.6) is 0 Å². The van der Waals surface area contributed by atoms with Crippen LogP contribution in [-0.4, -0.2) is 25.2 Å². The van der Waals surface area contributed by atoms with Crippen LogP contribution < -0.4 is 5.32 Å². The number of rotatable bonds is 4. The van der Waals surface area contributed by atoms with Gasteiger partial charge in [-0.05, 0) is 48.8 Å². The van der Waals surface area contributed by atoms with Gasteiger partial charge in [0.1, 0.15) is 5.82 Å². The highest BCUT2D eigenvalue weighted by Crippen LogP contribution is 2.53. The summed E-state index contributed by atoms with van der Waals surface area (Å²) in [4.78, 5) is 12.2. The third kappa shape index (κ3) is 2.70. The van der Waals surface area contributed by atoms with Crippen molar-refractivity contribution < 1.29 is 13.9 Å². The zero-order chi connectivity index (χ0) is 14.2. The number of amides is 1. The summed E-state index contributed by atoms with van der Waals surface area (Å²) in [6.45, 7) is 3.30. The molecule has 3 rings (SSSR count). The van der Waals surface area contributed by atoms with Crippen LogP contribution in [0, 0.1) is 11.2 Å². The lowest BCUT2D eigenvalue weighted by Crippen LogP contribution is -2.32. The Morgan fingerprint density at radius 2 is 2.30 bits per heavy atom. The first-order chi connectivity index (χ1) is 9.62. The number of aryl methyl sites for hydroxylation is 1. The maximum atomic E-state index is 13.3. The summed E-state index contributed by atoms with van der Waals surface area (Å²) in [6.07, 6.45) is 4.37. The minimum atomic E-state index is -0.374. The van der Waals surface area contributed by atoms with Gasteiger partial charge in [-0.25, -0.2) is 4.39 Å². The first-order valence-electron chi connectivity index (χ1n) is 7.30. The van der Waals surface area contributed by atoms with E-state index in [0.717, 1.165) is 18.6 Å². The number of carbonyl (C=O) groups is 1. The van der Waals surface area contributed by atoms with Gasteiger partial charge in [0.2, 0.25) is 0 Å². The van der Waals surface area contributed by atoms with Gasteiger partial charge in [0.05, 0.1) is 12.7 Å². The van der Waals surface area contributed by atoms with Crippen LogP contribution in [0.25, 0.3) is 0 Å². The number of hydrogen-bond acceptors (Lipinski definition) is 2. The van der Waals surface area contributed by atoms with Gasteiger partial charge < -0.3 is 10.1 Å². The quantitative estimate of drug-likeness (QED) is 0.919. The van der Waals surface area contributed by atoms with Crippen LogP contribution >= 0.6 is 0 Å². The fourth-order valence-electron chi connectivity index (χ4n) is 2.92. The summed E-state index contributed by atoms with van der Waals surface area (Å²) in [7, 11) is 0. The molecule has 1 N–H and O–H groups in total. The molecular weight excluding hydrogens is 257 g/mol. The molecule has 2 fully saturated rings. The number of nitrogens with one attached hydrogen (secondary N) is 1. The highest BCUT2D eigenvalue weighted by Gasteiger charge is 2.49. The molecule has 1 aromatic rings. The van der Waals surface area contributed by atoms with Crippen LogP contribution in [0.2, 0.25) is 0 Å². The van der Waals surface area contributed by atoms with Gasteiger partial charge in [-0.15, -0.1) is 0 Å². The maximum absolute atomic E-state index is 13.3. The highest BCUT2D eigenvalue weighted by molar-refractivity contribution is 5.95. The minimum absolute atomic E-state index is 0.111. The summed E-state index contributed by atoms with van der Waals surface area (Å²) in [5.74, 6) is -0.580. The molecule has 4 heteroatoms. The van der Waals surface area contributed by atoms with E-state index in [1.54, 1.807) is 6.07 Å². The Morgan fingerprint density at radius 3 is 2.95 bits per heavy atom. The van der Waals surface area contributed by atoms with E-state index < -0.39 is 0 Å². The van der Waals surface area contributed by atoms with E-state index in [0.29, 0.717) is 23.9 Å². The van der Waals surface area contributed by atoms with Gasteiger partial charge in [-0.3, -0.25) is 4.79 Å². The lowest BCUT2D eigenvalue weighted by atomic mass is 10.0. The topological polar surface area (TPSA) is 38.3 Å². The first kappa shape index (κ1) is 13.6.